The van der Waals surface area contributed by atoms with Crippen LogP contribution < -0.4 is 0 Å². The molecule has 0 bridgehead atoms. The van der Waals surface area contributed by atoms with Crippen molar-refractivity contribution < 1.29 is 0 Å². The van der Waals surface area contributed by atoms with Gasteiger partial charge in [-0.05, 0) is 32.2 Å². The van der Waals surface area contributed by atoms with Gasteiger partial charge in [0.2, 0.25) is 0 Å². The highest BCUT2D eigenvalue weighted by Gasteiger charge is 2.24. The lowest BCUT2D eigenvalue weighted by atomic mass is 10.1. The van der Waals surface area contributed by atoms with E-state index in [1.54, 1.807) is 0 Å². The van der Waals surface area contributed by atoms with Gasteiger partial charge >= 0.3 is 0 Å². The molecule has 1 aliphatic heterocycles. The summed E-state index contributed by atoms with van der Waals surface area (Å²) in [6, 6.07) is 0.785. The molecule has 1 fully saturated rings. The highest BCUT2D eigenvalue weighted by molar-refractivity contribution is 6.17. The number of nitrogens with zero attached hydrogens (tertiary/aromatic N) is 1. The van der Waals surface area contributed by atoms with E-state index in [0.29, 0.717) is 0 Å². The lowest BCUT2D eigenvalue weighted by Gasteiger charge is -2.19. The number of hydrogen-bond donors (Lipinski definition) is 0. The smallest absolute Gasteiger partial charge is 0.0235 e. The van der Waals surface area contributed by atoms with Gasteiger partial charge in [-0.25, -0.2) is 0 Å². The molecule has 1 nitrogen and oxygen atoms in total. The summed E-state index contributed by atoms with van der Waals surface area (Å²) in [6.07, 6.45) is 2.50. The Morgan fingerprint density at radius 3 is 2.64 bits per heavy atom. The topological polar surface area (TPSA) is 3.24 Å². The minimum atomic E-state index is 0.785. The molecule has 0 N–H and O–H groups in total. The summed E-state index contributed by atoms with van der Waals surface area (Å²) >= 11 is 5.64. The molecule has 0 spiro atoms. The Morgan fingerprint density at radius 1 is 1.45 bits per heavy atom. The van der Waals surface area contributed by atoms with Gasteiger partial charge in [0.15, 0.2) is 0 Å². The van der Waals surface area contributed by atoms with E-state index < -0.39 is 0 Å². The molecule has 11 heavy (non-hydrogen) atoms. The Hall–Kier alpha value is 0.250. The van der Waals surface area contributed by atoms with Crippen molar-refractivity contribution >= 4 is 11.6 Å². The van der Waals surface area contributed by atoms with Crippen LogP contribution in [0.3, 0.4) is 0 Å². The number of halogens is 1. The van der Waals surface area contributed by atoms with Crippen molar-refractivity contribution in [3.05, 3.63) is 0 Å². The summed E-state index contributed by atoms with van der Waals surface area (Å²) in [4.78, 5) is 2.55. The van der Waals surface area contributed by atoms with Gasteiger partial charge in [-0.15, -0.1) is 11.6 Å². The minimum Gasteiger partial charge on any atom is -0.300 e. The third-order valence-electron chi connectivity index (χ3n) is 2.49. The van der Waals surface area contributed by atoms with E-state index in [-0.39, 0.29) is 0 Å². The molecule has 2 unspecified atom stereocenters. The molecule has 66 valence electrons. The maximum absolute atomic E-state index is 5.64. The number of rotatable bonds is 3. The molecule has 0 aromatic heterocycles. The molecule has 0 aromatic rings. The second kappa shape index (κ2) is 4.32. The standard InChI is InChI=1S/C9H18ClN/c1-8-6-9(2)11(7-8)5-3-4-10/h8-9H,3-7H2,1-2H3. The molecule has 0 aromatic carbocycles. The number of hydrogen-bond acceptors (Lipinski definition) is 1. The quantitative estimate of drug-likeness (QED) is 0.596. The summed E-state index contributed by atoms with van der Waals surface area (Å²) in [5.74, 6) is 1.69. The first-order valence-corrected chi connectivity index (χ1v) is 5.07. The van der Waals surface area contributed by atoms with E-state index in [4.69, 9.17) is 11.6 Å². The van der Waals surface area contributed by atoms with Crippen molar-refractivity contribution in [3.63, 3.8) is 0 Å². The van der Waals surface area contributed by atoms with Crippen LogP contribution in [0.1, 0.15) is 26.7 Å². The van der Waals surface area contributed by atoms with Gasteiger partial charge in [0.1, 0.15) is 0 Å². The third kappa shape index (κ3) is 2.64. The molecule has 1 heterocycles. The van der Waals surface area contributed by atoms with E-state index in [0.717, 1.165) is 24.3 Å². The van der Waals surface area contributed by atoms with Crippen LogP contribution >= 0.6 is 11.6 Å². The second-order valence-corrected chi connectivity index (χ2v) is 4.11. The van der Waals surface area contributed by atoms with Crippen LogP contribution in [0, 0.1) is 5.92 Å². The van der Waals surface area contributed by atoms with Crippen molar-refractivity contribution in [2.24, 2.45) is 5.92 Å². The molecule has 2 heteroatoms. The van der Waals surface area contributed by atoms with Crippen LogP contribution in [0.4, 0.5) is 0 Å². The SMILES string of the molecule is CC1CC(C)N(CCCCl)C1. The van der Waals surface area contributed by atoms with Gasteiger partial charge in [0.05, 0.1) is 0 Å². The molecular formula is C9H18ClN. The van der Waals surface area contributed by atoms with Crippen molar-refractivity contribution in [3.8, 4) is 0 Å². The van der Waals surface area contributed by atoms with Crippen molar-refractivity contribution in [1.82, 2.24) is 4.90 Å². The van der Waals surface area contributed by atoms with Gasteiger partial charge in [-0.1, -0.05) is 6.92 Å². The Balaban J connectivity index is 2.23. The molecule has 0 radical (unpaired) electrons. The van der Waals surface area contributed by atoms with Crippen LogP contribution in [0.15, 0.2) is 0 Å². The lowest BCUT2D eigenvalue weighted by molar-refractivity contribution is 0.266. The Labute approximate surface area is 74.7 Å². The van der Waals surface area contributed by atoms with E-state index in [2.05, 4.69) is 18.7 Å². The Morgan fingerprint density at radius 2 is 2.18 bits per heavy atom. The molecule has 1 rings (SSSR count). The van der Waals surface area contributed by atoms with Gasteiger partial charge < -0.3 is 4.90 Å². The van der Waals surface area contributed by atoms with Gasteiger partial charge in [-0.2, -0.15) is 0 Å². The first-order valence-electron chi connectivity index (χ1n) is 4.54. The third-order valence-corrected chi connectivity index (χ3v) is 2.76. The molecule has 0 aliphatic carbocycles. The van der Waals surface area contributed by atoms with Crippen LogP contribution in [0.2, 0.25) is 0 Å². The maximum atomic E-state index is 5.64. The van der Waals surface area contributed by atoms with E-state index in [1.165, 1.54) is 19.5 Å². The highest BCUT2D eigenvalue weighted by Crippen LogP contribution is 2.21. The Bertz CT molecular complexity index is 116. The van der Waals surface area contributed by atoms with Crippen molar-refractivity contribution in [2.45, 2.75) is 32.7 Å². The van der Waals surface area contributed by atoms with Crippen LogP contribution in [-0.2, 0) is 0 Å². The van der Waals surface area contributed by atoms with Crippen LogP contribution in [-0.4, -0.2) is 29.9 Å². The van der Waals surface area contributed by atoms with E-state index >= 15 is 0 Å². The first kappa shape index (κ1) is 9.34. The molecule has 1 aliphatic rings. The zero-order valence-electron chi connectivity index (χ0n) is 7.52. The second-order valence-electron chi connectivity index (χ2n) is 3.73. The van der Waals surface area contributed by atoms with Crippen molar-refractivity contribution in [1.29, 1.82) is 0 Å². The molecule has 0 amide bonds. The first-order chi connectivity index (χ1) is 5.24. The van der Waals surface area contributed by atoms with Gasteiger partial charge in [0.25, 0.3) is 0 Å². The molecule has 0 saturated carbocycles. The predicted octanol–water partition coefficient (Wildman–Crippen LogP) is 2.35. The van der Waals surface area contributed by atoms with Gasteiger partial charge in [-0.3, -0.25) is 0 Å². The number of alkyl halides is 1. The number of likely N-dealkylation sites (tertiary alicyclic amines) is 1. The fraction of sp³-hybridized carbons (Fsp3) is 1.00. The van der Waals surface area contributed by atoms with Crippen LogP contribution in [0.5, 0.6) is 0 Å². The zero-order valence-corrected chi connectivity index (χ0v) is 8.27. The maximum Gasteiger partial charge on any atom is 0.0235 e. The summed E-state index contributed by atoms with van der Waals surface area (Å²) in [5, 5.41) is 0. The minimum absolute atomic E-state index is 0.785. The van der Waals surface area contributed by atoms with Crippen molar-refractivity contribution in [2.75, 3.05) is 19.0 Å². The monoisotopic (exact) mass is 175 g/mol. The van der Waals surface area contributed by atoms with E-state index in [9.17, 15) is 0 Å². The highest BCUT2D eigenvalue weighted by atomic mass is 35.5. The Kier molecular flexibility index (Phi) is 3.67. The summed E-state index contributed by atoms with van der Waals surface area (Å²) in [7, 11) is 0. The molecule has 2 atom stereocenters. The van der Waals surface area contributed by atoms with Crippen LogP contribution in [0.25, 0.3) is 0 Å². The van der Waals surface area contributed by atoms with E-state index in [1.807, 2.05) is 0 Å². The average molecular weight is 176 g/mol. The fourth-order valence-corrected chi connectivity index (χ4v) is 2.08. The zero-order chi connectivity index (χ0) is 8.27. The predicted molar refractivity (Wildman–Crippen MR) is 50.2 cm³/mol. The molecule has 1 saturated heterocycles. The summed E-state index contributed by atoms with van der Waals surface area (Å²) < 4.78 is 0. The molecular weight excluding hydrogens is 158 g/mol. The fourth-order valence-electron chi connectivity index (χ4n) is 1.96. The normalized spacial score (nSPS) is 33.0. The largest absolute Gasteiger partial charge is 0.300 e. The lowest BCUT2D eigenvalue weighted by Crippen LogP contribution is -2.28. The van der Waals surface area contributed by atoms with Gasteiger partial charge in [0, 0.05) is 18.5 Å². The average Bonchev–Trinajstić information content (AvgIpc) is 2.26. The summed E-state index contributed by atoms with van der Waals surface area (Å²) in [6.45, 7) is 7.11. The summed E-state index contributed by atoms with van der Waals surface area (Å²) in [5.41, 5.74) is 0.